The number of alkyl halides is 3. The minimum Gasteiger partial charge on any atom is -0.492 e. The zero-order chi connectivity index (χ0) is 17.0. The van der Waals surface area contributed by atoms with Crippen LogP contribution in [0, 0.1) is 0 Å². The smallest absolute Gasteiger partial charge is 0.389 e. The van der Waals surface area contributed by atoms with Gasteiger partial charge in [-0.15, -0.1) is 0 Å². The van der Waals surface area contributed by atoms with Gasteiger partial charge in [-0.2, -0.15) is 13.2 Å². The van der Waals surface area contributed by atoms with E-state index >= 15 is 0 Å². The second-order valence-corrected chi connectivity index (χ2v) is 4.92. The number of benzene rings is 1. The van der Waals surface area contributed by atoms with Crippen molar-refractivity contribution in [2.75, 3.05) is 26.2 Å². The van der Waals surface area contributed by atoms with Crippen LogP contribution in [0.15, 0.2) is 35.3 Å². The van der Waals surface area contributed by atoms with Gasteiger partial charge in [0.15, 0.2) is 5.96 Å². The highest BCUT2D eigenvalue weighted by Gasteiger charge is 2.25. The SMILES string of the molecule is CCNC(=NCCCCC(F)(F)F)NCCOc1ccccc1. The zero-order valence-electron chi connectivity index (χ0n) is 13.3. The first kappa shape index (κ1) is 19.1. The van der Waals surface area contributed by atoms with Gasteiger partial charge in [0.05, 0.1) is 6.54 Å². The molecule has 1 aromatic rings. The van der Waals surface area contributed by atoms with E-state index in [0.29, 0.717) is 38.6 Å². The summed E-state index contributed by atoms with van der Waals surface area (Å²) >= 11 is 0. The molecule has 0 unspecified atom stereocenters. The molecule has 0 spiro atoms. The Kier molecular flexibility index (Phi) is 8.94. The number of hydrogen-bond acceptors (Lipinski definition) is 2. The molecule has 1 rings (SSSR count). The molecule has 0 saturated carbocycles. The van der Waals surface area contributed by atoms with Crippen molar-refractivity contribution in [2.24, 2.45) is 4.99 Å². The van der Waals surface area contributed by atoms with Crippen LogP contribution in [0.25, 0.3) is 0 Å². The summed E-state index contributed by atoms with van der Waals surface area (Å²) < 4.78 is 41.6. The monoisotopic (exact) mass is 331 g/mol. The largest absolute Gasteiger partial charge is 0.492 e. The van der Waals surface area contributed by atoms with E-state index in [9.17, 15) is 13.2 Å². The van der Waals surface area contributed by atoms with E-state index in [0.717, 1.165) is 5.75 Å². The summed E-state index contributed by atoms with van der Waals surface area (Å²) in [5.41, 5.74) is 0. The number of nitrogens with one attached hydrogen (secondary N) is 2. The summed E-state index contributed by atoms with van der Waals surface area (Å²) in [5.74, 6) is 1.39. The van der Waals surface area contributed by atoms with Crippen LogP contribution < -0.4 is 15.4 Å². The molecule has 7 heteroatoms. The predicted molar refractivity (Wildman–Crippen MR) is 85.8 cm³/mol. The molecule has 2 N–H and O–H groups in total. The number of unbranched alkanes of at least 4 members (excludes halogenated alkanes) is 1. The molecular weight excluding hydrogens is 307 g/mol. The van der Waals surface area contributed by atoms with Crippen molar-refractivity contribution >= 4 is 5.96 Å². The van der Waals surface area contributed by atoms with Gasteiger partial charge in [0.25, 0.3) is 0 Å². The van der Waals surface area contributed by atoms with Gasteiger partial charge in [-0.3, -0.25) is 4.99 Å². The van der Waals surface area contributed by atoms with Crippen LogP contribution in [-0.2, 0) is 0 Å². The van der Waals surface area contributed by atoms with Gasteiger partial charge >= 0.3 is 6.18 Å². The summed E-state index contributed by atoms with van der Waals surface area (Å²) in [7, 11) is 0. The van der Waals surface area contributed by atoms with Gasteiger partial charge in [-0.25, -0.2) is 0 Å². The first-order chi connectivity index (χ1) is 11.0. The maximum atomic E-state index is 12.0. The Bertz CT molecular complexity index is 450. The van der Waals surface area contributed by atoms with Gasteiger partial charge in [0, 0.05) is 19.5 Å². The van der Waals surface area contributed by atoms with Crippen LogP contribution in [0.2, 0.25) is 0 Å². The zero-order valence-corrected chi connectivity index (χ0v) is 13.3. The van der Waals surface area contributed by atoms with Crippen LogP contribution in [0.1, 0.15) is 26.2 Å². The lowest BCUT2D eigenvalue weighted by molar-refractivity contribution is -0.135. The van der Waals surface area contributed by atoms with Crippen LogP contribution in [-0.4, -0.2) is 38.4 Å². The molecule has 0 radical (unpaired) electrons. The molecule has 0 bridgehead atoms. The fourth-order valence-electron chi connectivity index (χ4n) is 1.82. The van der Waals surface area contributed by atoms with E-state index in [1.54, 1.807) is 0 Å². The first-order valence-electron chi connectivity index (χ1n) is 7.78. The summed E-state index contributed by atoms with van der Waals surface area (Å²) in [6.45, 7) is 4.02. The number of guanidine groups is 1. The standard InChI is InChI=1S/C16H24F3N3O/c1-2-20-15(21-11-7-6-10-16(17,18)19)22-12-13-23-14-8-4-3-5-9-14/h3-5,8-9H,2,6-7,10-13H2,1H3,(H2,20,21,22). The number of aliphatic imine (C=N–C) groups is 1. The van der Waals surface area contributed by atoms with Gasteiger partial charge in [0.1, 0.15) is 12.4 Å². The van der Waals surface area contributed by atoms with Crippen LogP contribution in [0.3, 0.4) is 0 Å². The number of rotatable bonds is 9. The molecule has 0 aliphatic heterocycles. The quantitative estimate of drug-likeness (QED) is 0.414. The molecule has 0 aliphatic rings. The number of hydrogen-bond donors (Lipinski definition) is 2. The molecule has 0 aromatic heterocycles. The number of halogens is 3. The van der Waals surface area contributed by atoms with E-state index in [1.807, 2.05) is 37.3 Å². The Morgan fingerprint density at radius 3 is 2.52 bits per heavy atom. The minimum absolute atomic E-state index is 0.101. The Morgan fingerprint density at radius 2 is 1.87 bits per heavy atom. The third-order valence-corrected chi connectivity index (χ3v) is 2.89. The van der Waals surface area contributed by atoms with Crippen molar-refractivity contribution < 1.29 is 17.9 Å². The lowest BCUT2D eigenvalue weighted by Crippen LogP contribution is -2.39. The molecule has 4 nitrogen and oxygen atoms in total. The average Bonchev–Trinajstić information content (AvgIpc) is 2.51. The number of para-hydroxylation sites is 1. The lowest BCUT2D eigenvalue weighted by atomic mass is 10.2. The molecular formula is C16H24F3N3O. The first-order valence-corrected chi connectivity index (χ1v) is 7.78. The molecule has 0 fully saturated rings. The van der Waals surface area contributed by atoms with Crippen LogP contribution in [0.4, 0.5) is 13.2 Å². The van der Waals surface area contributed by atoms with Crippen molar-refractivity contribution in [2.45, 2.75) is 32.4 Å². The second kappa shape index (κ2) is 10.7. The van der Waals surface area contributed by atoms with E-state index in [1.165, 1.54) is 0 Å². The molecule has 130 valence electrons. The molecule has 0 aliphatic carbocycles. The molecule has 23 heavy (non-hydrogen) atoms. The Hall–Kier alpha value is -1.92. The minimum atomic E-state index is -4.08. The summed E-state index contributed by atoms with van der Waals surface area (Å²) in [6.07, 6.45) is -4.32. The van der Waals surface area contributed by atoms with Crippen molar-refractivity contribution in [1.82, 2.24) is 10.6 Å². The van der Waals surface area contributed by atoms with E-state index < -0.39 is 12.6 Å². The van der Waals surface area contributed by atoms with Gasteiger partial charge in [0.2, 0.25) is 0 Å². The van der Waals surface area contributed by atoms with Gasteiger partial charge in [-0.05, 0) is 31.9 Å². The molecule has 0 amide bonds. The van der Waals surface area contributed by atoms with Crippen molar-refractivity contribution in [3.63, 3.8) is 0 Å². The van der Waals surface area contributed by atoms with E-state index in [-0.39, 0.29) is 6.42 Å². The molecule has 1 aromatic carbocycles. The Morgan fingerprint density at radius 1 is 1.13 bits per heavy atom. The Balaban J connectivity index is 2.21. The maximum Gasteiger partial charge on any atom is 0.389 e. The molecule has 0 heterocycles. The third-order valence-electron chi connectivity index (χ3n) is 2.89. The molecule has 0 atom stereocenters. The maximum absolute atomic E-state index is 12.0. The summed E-state index contributed by atoms with van der Waals surface area (Å²) in [4.78, 5) is 4.25. The second-order valence-electron chi connectivity index (χ2n) is 4.92. The summed E-state index contributed by atoms with van der Waals surface area (Å²) in [5, 5.41) is 6.14. The Labute approximate surface area is 135 Å². The van der Waals surface area contributed by atoms with Crippen molar-refractivity contribution in [1.29, 1.82) is 0 Å². The fourth-order valence-corrected chi connectivity index (χ4v) is 1.82. The fraction of sp³-hybridized carbons (Fsp3) is 0.562. The normalized spacial score (nSPS) is 12.1. The highest BCUT2D eigenvalue weighted by molar-refractivity contribution is 5.79. The lowest BCUT2D eigenvalue weighted by Gasteiger charge is -2.12. The highest BCUT2D eigenvalue weighted by atomic mass is 19.4. The third kappa shape index (κ3) is 10.4. The van der Waals surface area contributed by atoms with Gasteiger partial charge < -0.3 is 15.4 Å². The van der Waals surface area contributed by atoms with E-state index in [2.05, 4.69) is 15.6 Å². The van der Waals surface area contributed by atoms with E-state index in [4.69, 9.17) is 4.74 Å². The van der Waals surface area contributed by atoms with Crippen LogP contribution >= 0.6 is 0 Å². The average molecular weight is 331 g/mol. The highest BCUT2D eigenvalue weighted by Crippen LogP contribution is 2.21. The van der Waals surface area contributed by atoms with Crippen molar-refractivity contribution in [3.8, 4) is 5.75 Å². The van der Waals surface area contributed by atoms with Crippen molar-refractivity contribution in [3.05, 3.63) is 30.3 Å². The summed E-state index contributed by atoms with van der Waals surface area (Å²) in [6, 6.07) is 9.46. The number of ether oxygens (including phenoxy) is 1. The number of nitrogens with zero attached hydrogens (tertiary/aromatic N) is 1. The van der Waals surface area contributed by atoms with Crippen LogP contribution in [0.5, 0.6) is 5.75 Å². The molecule has 0 saturated heterocycles. The topological polar surface area (TPSA) is 45.7 Å². The van der Waals surface area contributed by atoms with Gasteiger partial charge in [-0.1, -0.05) is 18.2 Å². The predicted octanol–water partition coefficient (Wildman–Crippen LogP) is 3.35.